The number of thiazole rings is 1. The minimum atomic E-state index is -1.91. The van der Waals surface area contributed by atoms with Crippen LogP contribution in [0.3, 0.4) is 0 Å². The van der Waals surface area contributed by atoms with Gasteiger partial charge in [0.2, 0.25) is 0 Å². The molecule has 1 aliphatic rings. The lowest BCUT2D eigenvalue weighted by atomic mass is 10.2. The summed E-state index contributed by atoms with van der Waals surface area (Å²) in [6.45, 7) is 15.2. The molecule has 1 amide bonds. The molecular weight excluding hydrogens is 354 g/mol. The van der Waals surface area contributed by atoms with E-state index in [1.807, 2.05) is 4.90 Å². The number of aliphatic hydroxyl groups excluding tert-OH is 1. The highest BCUT2D eigenvalue weighted by Crippen LogP contribution is 2.36. The zero-order chi connectivity index (χ0) is 18.8. The third kappa shape index (κ3) is 4.81. The molecule has 0 aliphatic carbocycles. The van der Waals surface area contributed by atoms with Gasteiger partial charge in [-0.15, -0.1) is 11.3 Å². The number of aromatic nitrogens is 1. The number of carbonyl (C=O) groups excluding carboxylic acids is 1. The zero-order valence-corrected chi connectivity index (χ0v) is 18.0. The van der Waals surface area contributed by atoms with Crippen LogP contribution in [0.25, 0.3) is 0 Å². The van der Waals surface area contributed by atoms with Gasteiger partial charge >= 0.3 is 0 Å². The van der Waals surface area contributed by atoms with Crippen LogP contribution in [0.1, 0.15) is 44.6 Å². The van der Waals surface area contributed by atoms with Crippen LogP contribution in [0, 0.1) is 0 Å². The Morgan fingerprint density at radius 3 is 2.64 bits per heavy atom. The Labute approximate surface area is 155 Å². The summed E-state index contributed by atoms with van der Waals surface area (Å²) in [5.74, 6) is -0.0795. The molecule has 0 radical (unpaired) electrons. The number of anilines is 1. The van der Waals surface area contributed by atoms with Crippen molar-refractivity contribution in [1.82, 2.24) is 9.88 Å². The maximum atomic E-state index is 12.8. The van der Waals surface area contributed by atoms with E-state index >= 15 is 0 Å². The lowest BCUT2D eigenvalue weighted by molar-refractivity contribution is 0.0570. The van der Waals surface area contributed by atoms with E-state index in [9.17, 15) is 9.90 Å². The Hall–Kier alpha value is -0.963. The van der Waals surface area contributed by atoms with Crippen LogP contribution < -0.4 is 4.90 Å². The van der Waals surface area contributed by atoms with E-state index in [0.717, 1.165) is 11.6 Å². The maximum Gasteiger partial charge on any atom is 0.275 e. The second kappa shape index (κ2) is 7.73. The molecule has 1 aromatic rings. The van der Waals surface area contributed by atoms with Crippen LogP contribution >= 0.6 is 11.3 Å². The summed E-state index contributed by atoms with van der Waals surface area (Å²) in [5, 5.41) is 12.1. The van der Waals surface area contributed by atoms with Gasteiger partial charge in [-0.25, -0.2) is 4.98 Å². The van der Waals surface area contributed by atoms with Gasteiger partial charge in [-0.05, 0) is 24.6 Å². The van der Waals surface area contributed by atoms with Gasteiger partial charge in [0.25, 0.3) is 5.91 Å². The molecule has 2 rings (SSSR count). The monoisotopic (exact) mass is 385 g/mol. The van der Waals surface area contributed by atoms with Crippen molar-refractivity contribution in [2.45, 2.75) is 58.4 Å². The summed E-state index contributed by atoms with van der Waals surface area (Å²) >= 11 is 1.45. The summed E-state index contributed by atoms with van der Waals surface area (Å²) in [4.78, 5) is 21.0. The second-order valence-electron chi connectivity index (χ2n) is 8.18. The summed E-state index contributed by atoms with van der Waals surface area (Å²) in [7, 11) is -1.91. The van der Waals surface area contributed by atoms with Gasteiger partial charge in [0.1, 0.15) is 12.4 Å². The van der Waals surface area contributed by atoms with E-state index in [-0.39, 0.29) is 17.0 Å². The largest absolute Gasteiger partial charge is 0.399 e. The molecule has 142 valence electrons. The number of β-amino-alcohol motifs (C(OH)–C–C–N with tert-alkyl or cyclic N) is 1. The van der Waals surface area contributed by atoms with Gasteiger partial charge in [-0.3, -0.25) is 4.79 Å². The Morgan fingerprint density at radius 2 is 2.12 bits per heavy atom. The molecule has 1 saturated heterocycles. The average Bonchev–Trinajstić information content (AvgIpc) is 2.95. The standard InChI is InChI=1S/C17H31N3O3SSi/c1-7-8-19(12-23-25(5,6)17(2,3)4)15(22)14-11-24-16(18-14)20-9-13(21)10-20/h11,13,21H,7-10,12H2,1-6H3. The molecular formula is C17H31N3O3SSi. The van der Waals surface area contributed by atoms with E-state index in [1.165, 1.54) is 11.3 Å². The fourth-order valence-corrected chi connectivity index (χ4v) is 3.96. The Bertz CT molecular complexity index is 594. The Kier molecular flexibility index (Phi) is 6.29. The molecule has 0 unspecified atom stereocenters. The first-order valence-electron chi connectivity index (χ1n) is 8.87. The fraction of sp³-hybridized carbons (Fsp3) is 0.765. The lowest BCUT2D eigenvalue weighted by Gasteiger charge is -2.38. The quantitative estimate of drug-likeness (QED) is 0.577. The van der Waals surface area contributed by atoms with Crippen LogP contribution in [-0.2, 0) is 4.43 Å². The Balaban J connectivity index is 2.02. The highest BCUT2D eigenvalue weighted by molar-refractivity contribution is 7.14. The predicted molar refractivity (Wildman–Crippen MR) is 105 cm³/mol. The lowest BCUT2D eigenvalue weighted by Crippen LogP contribution is -2.50. The summed E-state index contributed by atoms with van der Waals surface area (Å²) in [5.41, 5.74) is 0.466. The molecule has 25 heavy (non-hydrogen) atoms. The van der Waals surface area contributed by atoms with Crippen molar-refractivity contribution in [3.8, 4) is 0 Å². The number of nitrogens with zero attached hydrogens (tertiary/aromatic N) is 3. The smallest absolute Gasteiger partial charge is 0.275 e. The molecule has 0 spiro atoms. The van der Waals surface area contributed by atoms with Gasteiger partial charge in [0, 0.05) is 25.0 Å². The van der Waals surface area contributed by atoms with Gasteiger partial charge < -0.3 is 19.3 Å². The third-order valence-electron chi connectivity index (χ3n) is 5.01. The number of rotatable bonds is 7. The predicted octanol–water partition coefficient (Wildman–Crippen LogP) is 3.16. The zero-order valence-electron chi connectivity index (χ0n) is 16.2. The number of hydrogen-bond donors (Lipinski definition) is 1. The van der Waals surface area contributed by atoms with Crippen molar-refractivity contribution in [3.63, 3.8) is 0 Å². The van der Waals surface area contributed by atoms with Crippen molar-refractivity contribution in [2.75, 3.05) is 31.3 Å². The number of carbonyl (C=O) groups is 1. The van der Waals surface area contributed by atoms with E-state index < -0.39 is 8.32 Å². The third-order valence-corrected chi connectivity index (χ3v) is 10.4. The summed E-state index contributed by atoms with van der Waals surface area (Å²) < 4.78 is 6.23. The molecule has 0 aromatic carbocycles. The van der Waals surface area contributed by atoms with E-state index in [2.05, 4.69) is 45.8 Å². The number of amides is 1. The first-order chi connectivity index (χ1) is 11.5. The normalized spacial score (nSPS) is 16.0. The topological polar surface area (TPSA) is 65.9 Å². The van der Waals surface area contributed by atoms with Gasteiger partial charge in [-0.2, -0.15) is 0 Å². The van der Waals surface area contributed by atoms with E-state index in [1.54, 1.807) is 10.3 Å². The van der Waals surface area contributed by atoms with Crippen LogP contribution in [-0.4, -0.2) is 61.7 Å². The van der Waals surface area contributed by atoms with E-state index in [0.29, 0.717) is 32.1 Å². The van der Waals surface area contributed by atoms with Gasteiger partial charge in [0.15, 0.2) is 13.4 Å². The Morgan fingerprint density at radius 1 is 1.48 bits per heavy atom. The number of hydrogen-bond acceptors (Lipinski definition) is 6. The van der Waals surface area contributed by atoms with Gasteiger partial charge in [-0.1, -0.05) is 27.7 Å². The minimum absolute atomic E-state index is 0.0795. The molecule has 0 saturated carbocycles. The van der Waals surface area contributed by atoms with Crippen molar-refractivity contribution >= 4 is 30.7 Å². The molecule has 8 heteroatoms. The number of aliphatic hydroxyl groups is 1. The molecule has 0 atom stereocenters. The van der Waals surface area contributed by atoms with Crippen molar-refractivity contribution in [3.05, 3.63) is 11.1 Å². The first-order valence-corrected chi connectivity index (χ1v) is 12.7. The highest BCUT2D eigenvalue weighted by atomic mass is 32.1. The fourth-order valence-electron chi connectivity index (χ4n) is 2.23. The van der Waals surface area contributed by atoms with Gasteiger partial charge in [0.05, 0.1) is 6.10 Å². The minimum Gasteiger partial charge on any atom is -0.399 e. The maximum absolute atomic E-state index is 12.8. The molecule has 6 nitrogen and oxygen atoms in total. The van der Waals surface area contributed by atoms with Crippen molar-refractivity contribution in [1.29, 1.82) is 0 Å². The molecule has 1 N–H and O–H groups in total. The molecule has 1 fully saturated rings. The molecule has 1 aliphatic heterocycles. The summed E-state index contributed by atoms with van der Waals surface area (Å²) in [6, 6.07) is 0. The molecule has 1 aromatic heterocycles. The van der Waals surface area contributed by atoms with Crippen molar-refractivity contribution < 1.29 is 14.3 Å². The van der Waals surface area contributed by atoms with Crippen LogP contribution in [0.15, 0.2) is 5.38 Å². The summed E-state index contributed by atoms with van der Waals surface area (Å²) in [6.07, 6.45) is 0.597. The van der Waals surface area contributed by atoms with E-state index in [4.69, 9.17) is 4.43 Å². The van der Waals surface area contributed by atoms with Crippen molar-refractivity contribution in [2.24, 2.45) is 0 Å². The molecule has 0 bridgehead atoms. The van der Waals surface area contributed by atoms with Crippen LogP contribution in [0.2, 0.25) is 18.1 Å². The second-order valence-corrected chi connectivity index (χ2v) is 13.8. The highest BCUT2D eigenvalue weighted by Gasteiger charge is 2.38. The first kappa shape index (κ1) is 20.4. The SMILES string of the molecule is CCCN(CO[Si](C)(C)C(C)(C)C)C(=O)c1csc(N2CC(O)C2)n1. The van der Waals surface area contributed by atoms with Crippen LogP contribution in [0.4, 0.5) is 5.13 Å². The van der Waals surface area contributed by atoms with Crippen LogP contribution in [0.5, 0.6) is 0 Å². The average molecular weight is 386 g/mol. The molecule has 2 heterocycles.